The van der Waals surface area contributed by atoms with Crippen molar-refractivity contribution in [2.75, 3.05) is 27.6 Å². The smallest absolute Gasteiger partial charge is 0.244 e. The van der Waals surface area contributed by atoms with Gasteiger partial charge in [0.25, 0.3) is 0 Å². The molecule has 9 heteroatoms. The van der Waals surface area contributed by atoms with E-state index in [0.29, 0.717) is 30.1 Å². The van der Waals surface area contributed by atoms with Gasteiger partial charge in [0.15, 0.2) is 11.5 Å². The largest absolute Gasteiger partial charge is 0.493 e. The monoisotopic (exact) mass is 424 g/mol. The molecule has 1 aromatic rings. The first-order valence-corrected chi connectivity index (χ1v) is 11.4. The molecule has 2 aliphatic heterocycles. The molecule has 2 heterocycles. The summed E-state index contributed by atoms with van der Waals surface area (Å²) in [6.45, 7) is 0. The van der Waals surface area contributed by atoms with E-state index >= 15 is 0 Å². The first kappa shape index (κ1) is 21.4. The number of rotatable bonds is 7. The highest BCUT2D eigenvalue weighted by Gasteiger charge is 2.45. The van der Waals surface area contributed by atoms with Crippen molar-refractivity contribution in [2.24, 2.45) is 0 Å². The van der Waals surface area contributed by atoms with Gasteiger partial charge in [0.2, 0.25) is 21.7 Å². The van der Waals surface area contributed by atoms with Crippen molar-refractivity contribution in [3.8, 4) is 17.2 Å². The lowest BCUT2D eigenvalue weighted by Gasteiger charge is -2.37. The zero-order chi connectivity index (χ0) is 21.2. The minimum atomic E-state index is -3.21. The van der Waals surface area contributed by atoms with Crippen molar-refractivity contribution in [3.63, 3.8) is 0 Å². The molecule has 0 aliphatic carbocycles. The fourth-order valence-corrected chi connectivity index (χ4v) is 5.88. The standard InChI is InChI=1S/C20H28N2O6S/c1-26-17-9-13(10-18(27-2)20(17)28-3)5-8-19(23)21-14-11-15-6-7-16(12-14)22(15)29(4,24)25/h5,8-10,14-16H,6-7,11-12H2,1-4H3,(H,21,23)/b8-5+. The maximum Gasteiger partial charge on any atom is 0.244 e. The van der Waals surface area contributed by atoms with Crippen LogP contribution >= 0.6 is 0 Å². The van der Waals surface area contributed by atoms with Crippen LogP contribution in [0, 0.1) is 0 Å². The first-order valence-electron chi connectivity index (χ1n) is 9.54. The molecular formula is C20H28N2O6S. The van der Waals surface area contributed by atoms with Crippen LogP contribution in [0.1, 0.15) is 31.2 Å². The number of carbonyl (C=O) groups is 1. The molecule has 2 atom stereocenters. The molecule has 3 rings (SSSR count). The number of sulfonamides is 1. The van der Waals surface area contributed by atoms with Crippen LogP contribution in [0.25, 0.3) is 6.08 Å². The Bertz CT molecular complexity index is 859. The summed E-state index contributed by atoms with van der Waals surface area (Å²) in [4.78, 5) is 12.4. The Balaban J connectivity index is 1.65. The van der Waals surface area contributed by atoms with Gasteiger partial charge < -0.3 is 19.5 Å². The molecule has 160 valence electrons. The van der Waals surface area contributed by atoms with Crippen LogP contribution in [0.2, 0.25) is 0 Å². The van der Waals surface area contributed by atoms with Gasteiger partial charge in [0.1, 0.15) is 0 Å². The molecule has 2 unspecified atom stereocenters. The Hall–Kier alpha value is -2.26. The number of benzene rings is 1. The first-order chi connectivity index (χ1) is 13.8. The van der Waals surface area contributed by atoms with Crippen LogP contribution in [0.3, 0.4) is 0 Å². The molecule has 29 heavy (non-hydrogen) atoms. The quantitative estimate of drug-likeness (QED) is 0.671. The van der Waals surface area contributed by atoms with Crippen molar-refractivity contribution in [1.82, 2.24) is 9.62 Å². The lowest BCUT2D eigenvalue weighted by molar-refractivity contribution is -0.117. The highest BCUT2D eigenvalue weighted by molar-refractivity contribution is 7.88. The summed E-state index contributed by atoms with van der Waals surface area (Å²) in [7, 11) is 1.40. The number of nitrogens with zero attached hydrogens (tertiary/aromatic N) is 1. The number of nitrogens with one attached hydrogen (secondary N) is 1. The maximum atomic E-state index is 12.4. The second-order valence-electron chi connectivity index (χ2n) is 7.45. The third-order valence-corrected chi connectivity index (χ3v) is 6.87. The Morgan fingerprint density at radius 3 is 2.07 bits per heavy atom. The van der Waals surface area contributed by atoms with Crippen molar-refractivity contribution < 1.29 is 27.4 Å². The van der Waals surface area contributed by atoms with E-state index in [1.807, 2.05) is 0 Å². The zero-order valence-corrected chi connectivity index (χ0v) is 18.0. The third kappa shape index (κ3) is 4.67. The van der Waals surface area contributed by atoms with Crippen LogP contribution in [-0.4, -0.2) is 64.3 Å². The fourth-order valence-electron chi connectivity index (χ4n) is 4.41. The third-order valence-electron chi connectivity index (χ3n) is 5.51. The normalized spacial score (nSPS) is 24.5. The van der Waals surface area contributed by atoms with Crippen LogP contribution in [0.15, 0.2) is 18.2 Å². The lowest BCUT2D eigenvalue weighted by Crippen LogP contribution is -2.51. The van der Waals surface area contributed by atoms with E-state index in [2.05, 4.69) is 5.32 Å². The molecule has 0 saturated carbocycles. The predicted octanol–water partition coefficient (Wildman–Crippen LogP) is 1.80. The van der Waals surface area contributed by atoms with E-state index in [1.165, 1.54) is 33.7 Å². The molecule has 1 amide bonds. The van der Waals surface area contributed by atoms with E-state index in [1.54, 1.807) is 22.5 Å². The summed E-state index contributed by atoms with van der Waals surface area (Å²) >= 11 is 0. The Kier molecular flexibility index (Phi) is 6.38. The number of hydrogen-bond donors (Lipinski definition) is 1. The molecule has 2 saturated heterocycles. The zero-order valence-electron chi connectivity index (χ0n) is 17.2. The van der Waals surface area contributed by atoms with Crippen molar-refractivity contribution >= 4 is 22.0 Å². The molecule has 0 spiro atoms. The SMILES string of the molecule is COc1cc(/C=C/C(=O)NC2CC3CCC(C2)N3S(C)(=O)=O)cc(OC)c1OC. The minimum absolute atomic E-state index is 0.0202. The second-order valence-corrected chi connectivity index (χ2v) is 9.33. The summed E-state index contributed by atoms with van der Waals surface area (Å²) in [6, 6.07) is 3.45. The van der Waals surface area contributed by atoms with Gasteiger partial charge in [-0.3, -0.25) is 4.79 Å². The molecular weight excluding hydrogens is 396 g/mol. The highest BCUT2D eigenvalue weighted by Crippen LogP contribution is 2.39. The van der Waals surface area contributed by atoms with Crippen molar-refractivity contribution in [1.29, 1.82) is 0 Å². The predicted molar refractivity (Wildman–Crippen MR) is 110 cm³/mol. The van der Waals surface area contributed by atoms with Crippen LogP contribution < -0.4 is 19.5 Å². The van der Waals surface area contributed by atoms with E-state index < -0.39 is 10.0 Å². The highest BCUT2D eigenvalue weighted by atomic mass is 32.2. The van der Waals surface area contributed by atoms with Gasteiger partial charge in [-0.2, -0.15) is 4.31 Å². The van der Waals surface area contributed by atoms with E-state index in [-0.39, 0.29) is 24.0 Å². The number of piperidine rings is 1. The fraction of sp³-hybridized carbons (Fsp3) is 0.550. The molecule has 2 bridgehead atoms. The van der Waals surface area contributed by atoms with Gasteiger partial charge in [-0.15, -0.1) is 0 Å². The molecule has 1 aromatic carbocycles. The Labute approximate surface area is 171 Å². The second kappa shape index (κ2) is 8.62. The van der Waals surface area contributed by atoms with Gasteiger partial charge in [-0.25, -0.2) is 8.42 Å². The number of carbonyl (C=O) groups excluding carboxylic acids is 1. The summed E-state index contributed by atoms with van der Waals surface area (Å²) in [6.07, 6.45) is 7.40. The number of amides is 1. The number of hydrogen-bond acceptors (Lipinski definition) is 6. The van der Waals surface area contributed by atoms with Crippen LogP contribution in [0.5, 0.6) is 17.2 Å². The molecule has 8 nitrogen and oxygen atoms in total. The lowest BCUT2D eigenvalue weighted by atomic mass is 10.00. The number of fused-ring (bicyclic) bond motifs is 2. The van der Waals surface area contributed by atoms with Gasteiger partial charge in [-0.1, -0.05) is 0 Å². The molecule has 1 N–H and O–H groups in total. The van der Waals surface area contributed by atoms with E-state index in [4.69, 9.17) is 14.2 Å². The van der Waals surface area contributed by atoms with Gasteiger partial charge in [0.05, 0.1) is 27.6 Å². The van der Waals surface area contributed by atoms with Crippen molar-refractivity contribution in [3.05, 3.63) is 23.8 Å². The molecule has 2 fully saturated rings. The molecule has 0 radical (unpaired) electrons. The molecule has 2 aliphatic rings. The van der Waals surface area contributed by atoms with E-state index in [0.717, 1.165) is 18.4 Å². The Morgan fingerprint density at radius 2 is 1.62 bits per heavy atom. The van der Waals surface area contributed by atoms with E-state index in [9.17, 15) is 13.2 Å². The molecule has 0 aromatic heterocycles. The average molecular weight is 425 g/mol. The van der Waals surface area contributed by atoms with Crippen LogP contribution in [-0.2, 0) is 14.8 Å². The average Bonchev–Trinajstić information content (AvgIpc) is 2.97. The number of methoxy groups -OCH3 is 3. The maximum absolute atomic E-state index is 12.4. The van der Waals surface area contributed by atoms with Gasteiger partial charge in [-0.05, 0) is 49.5 Å². The van der Waals surface area contributed by atoms with Gasteiger partial charge in [0, 0.05) is 24.2 Å². The Morgan fingerprint density at radius 1 is 1.07 bits per heavy atom. The summed E-state index contributed by atoms with van der Waals surface area (Å²) < 4.78 is 41.5. The summed E-state index contributed by atoms with van der Waals surface area (Å²) in [5.41, 5.74) is 0.738. The van der Waals surface area contributed by atoms with Gasteiger partial charge >= 0.3 is 0 Å². The number of ether oxygens (including phenoxy) is 3. The van der Waals surface area contributed by atoms with Crippen molar-refractivity contribution in [2.45, 2.75) is 43.8 Å². The topological polar surface area (TPSA) is 94.2 Å². The summed E-state index contributed by atoms with van der Waals surface area (Å²) in [5.74, 6) is 1.30. The summed E-state index contributed by atoms with van der Waals surface area (Å²) in [5, 5.41) is 3.01. The van der Waals surface area contributed by atoms with Crippen LogP contribution in [0.4, 0.5) is 0 Å². The minimum Gasteiger partial charge on any atom is -0.493 e.